The predicted molar refractivity (Wildman–Crippen MR) is 145 cm³/mol. The van der Waals surface area contributed by atoms with Crippen molar-refractivity contribution in [1.82, 2.24) is 0 Å². The Balaban J connectivity index is 1.45. The smallest absolute Gasteiger partial charge is 0.302 e. The molecule has 0 spiro atoms. The van der Waals surface area contributed by atoms with Gasteiger partial charge in [0.1, 0.15) is 6.10 Å². The quantitative estimate of drug-likeness (QED) is 0.430. The number of fused-ring (bicyclic) bond motifs is 5. The molecule has 0 amide bonds. The van der Waals surface area contributed by atoms with Gasteiger partial charge in [0.2, 0.25) is 0 Å². The summed E-state index contributed by atoms with van der Waals surface area (Å²) in [6.07, 6.45) is 8.73. The van der Waals surface area contributed by atoms with Gasteiger partial charge in [-0.15, -0.1) is 0 Å². The molecule has 1 heterocycles. The Kier molecular flexibility index (Phi) is 6.35. The van der Waals surface area contributed by atoms with Crippen molar-refractivity contribution >= 4 is 5.97 Å². The molecule has 0 radical (unpaired) electrons. The molecule has 5 nitrogen and oxygen atoms in total. The second-order valence-electron chi connectivity index (χ2n) is 16.0. The number of aliphatic hydroxyl groups excluding tert-OH is 1. The van der Waals surface area contributed by atoms with Crippen molar-refractivity contribution in [3.63, 3.8) is 0 Å². The largest absolute Gasteiger partial charge is 0.462 e. The highest BCUT2D eigenvalue weighted by Crippen LogP contribution is 2.76. The lowest BCUT2D eigenvalue weighted by Crippen LogP contribution is -2.66. The number of ether oxygens (including phenoxy) is 2. The third-order valence-corrected chi connectivity index (χ3v) is 13.5. The third kappa shape index (κ3) is 3.83. The third-order valence-electron chi connectivity index (χ3n) is 13.5. The SMILES string of the molecule is CC(=O)O[C@H]1CC[C@@]2(C)[C@@H](CC[C@]3(C)[C@H]2C[C@@H](O)[C@H]2[C@@H]([C@]4(C)CC[C@H](C(C)(C)O)O4)CC[C@]23C)C1(C)C. The van der Waals surface area contributed by atoms with Gasteiger partial charge in [-0.2, -0.15) is 0 Å². The van der Waals surface area contributed by atoms with Crippen LogP contribution in [-0.4, -0.2) is 45.7 Å². The molecule has 5 heteroatoms. The van der Waals surface area contributed by atoms with Gasteiger partial charge in [0.25, 0.3) is 0 Å². The normalized spacial score (nSPS) is 53.2. The van der Waals surface area contributed by atoms with Crippen molar-refractivity contribution in [2.24, 2.45) is 45.3 Å². The molecule has 1 aliphatic heterocycles. The van der Waals surface area contributed by atoms with Gasteiger partial charge in [0, 0.05) is 12.3 Å². The molecule has 11 atom stereocenters. The minimum Gasteiger partial charge on any atom is -0.462 e. The molecule has 1 saturated heterocycles. The van der Waals surface area contributed by atoms with Crippen molar-refractivity contribution in [2.75, 3.05) is 0 Å². The number of carbonyl (C=O) groups excluding carboxylic acids is 1. The molecule has 0 aromatic rings. The summed E-state index contributed by atoms with van der Waals surface area (Å²) in [5.74, 6) is 1.30. The van der Waals surface area contributed by atoms with E-state index >= 15 is 0 Å². The molecule has 5 fully saturated rings. The maximum Gasteiger partial charge on any atom is 0.302 e. The molecule has 0 aromatic heterocycles. The van der Waals surface area contributed by atoms with Crippen molar-refractivity contribution in [3.8, 4) is 0 Å². The van der Waals surface area contributed by atoms with Gasteiger partial charge in [0.15, 0.2) is 0 Å². The van der Waals surface area contributed by atoms with E-state index in [9.17, 15) is 15.0 Å². The fraction of sp³-hybridized carbons (Fsp3) is 0.969. The fourth-order valence-corrected chi connectivity index (χ4v) is 11.5. The lowest BCUT2D eigenvalue weighted by molar-refractivity contribution is -0.251. The summed E-state index contributed by atoms with van der Waals surface area (Å²) in [4.78, 5) is 11.9. The monoisotopic (exact) mass is 518 g/mol. The average molecular weight is 519 g/mol. The Labute approximate surface area is 225 Å². The maximum atomic E-state index is 12.0. The molecule has 5 rings (SSSR count). The summed E-state index contributed by atoms with van der Waals surface area (Å²) in [6.45, 7) is 19.7. The standard InChI is InChI=1S/C32H54O5/c1-19(33)36-24-12-14-29(6)22(27(24,2)3)11-16-30(7)23(29)18-21(34)26-20(10-15-31(26,30)8)32(9)17-13-25(37-32)28(4,5)35/h20-26,34-35H,10-18H2,1-9H3/t20-,21+,22-,23-,24-,25+,26+,29-,30+,31+,32-/m0/s1. The number of esters is 1. The maximum absolute atomic E-state index is 12.0. The molecule has 0 aromatic carbocycles. The topological polar surface area (TPSA) is 76.0 Å². The van der Waals surface area contributed by atoms with E-state index in [-0.39, 0.29) is 57.5 Å². The van der Waals surface area contributed by atoms with Gasteiger partial charge in [-0.1, -0.05) is 34.6 Å². The van der Waals surface area contributed by atoms with Gasteiger partial charge in [-0.05, 0) is 118 Å². The number of hydrogen-bond acceptors (Lipinski definition) is 5. The minimum atomic E-state index is -0.841. The molecule has 0 bridgehead atoms. The van der Waals surface area contributed by atoms with Crippen LogP contribution in [0.25, 0.3) is 0 Å². The van der Waals surface area contributed by atoms with E-state index in [1.165, 1.54) is 13.3 Å². The van der Waals surface area contributed by atoms with Crippen molar-refractivity contribution in [2.45, 2.75) is 150 Å². The molecule has 37 heavy (non-hydrogen) atoms. The summed E-state index contributed by atoms with van der Waals surface area (Å²) in [7, 11) is 0. The highest BCUT2D eigenvalue weighted by Gasteiger charge is 2.72. The van der Waals surface area contributed by atoms with E-state index in [1.807, 2.05) is 13.8 Å². The molecule has 4 aliphatic carbocycles. The molecular formula is C32H54O5. The second-order valence-corrected chi connectivity index (χ2v) is 16.0. The van der Waals surface area contributed by atoms with Gasteiger partial charge in [-0.25, -0.2) is 0 Å². The zero-order valence-electron chi connectivity index (χ0n) is 25.0. The minimum absolute atomic E-state index is 0.0247. The molecular weight excluding hydrogens is 464 g/mol. The first-order chi connectivity index (χ1) is 16.9. The number of hydrogen-bond donors (Lipinski definition) is 2. The first-order valence-corrected chi connectivity index (χ1v) is 15.2. The van der Waals surface area contributed by atoms with Crippen LogP contribution in [-0.2, 0) is 14.3 Å². The Bertz CT molecular complexity index is 923. The van der Waals surface area contributed by atoms with Crippen LogP contribution in [0.2, 0.25) is 0 Å². The van der Waals surface area contributed by atoms with E-state index in [0.717, 1.165) is 51.4 Å². The zero-order chi connectivity index (χ0) is 27.4. The first-order valence-electron chi connectivity index (χ1n) is 15.2. The molecule has 2 N–H and O–H groups in total. The van der Waals surface area contributed by atoms with Crippen LogP contribution in [0.15, 0.2) is 0 Å². The van der Waals surface area contributed by atoms with Gasteiger partial charge in [-0.3, -0.25) is 4.79 Å². The summed E-state index contributed by atoms with van der Waals surface area (Å²) in [5, 5.41) is 22.7. The van der Waals surface area contributed by atoms with Crippen LogP contribution in [0.4, 0.5) is 0 Å². The highest BCUT2D eigenvalue weighted by atomic mass is 16.5. The summed E-state index contributed by atoms with van der Waals surface area (Å²) < 4.78 is 12.5. The lowest BCUT2D eigenvalue weighted by atomic mass is 9.35. The second kappa shape index (κ2) is 8.43. The highest BCUT2D eigenvalue weighted by molar-refractivity contribution is 5.66. The molecule has 5 aliphatic rings. The number of carbonyl (C=O) groups is 1. The van der Waals surface area contributed by atoms with Crippen LogP contribution in [0.3, 0.4) is 0 Å². The van der Waals surface area contributed by atoms with Gasteiger partial charge in [0.05, 0.1) is 23.4 Å². The van der Waals surface area contributed by atoms with E-state index in [0.29, 0.717) is 17.8 Å². The van der Waals surface area contributed by atoms with Crippen LogP contribution in [0, 0.1) is 45.3 Å². The lowest BCUT2D eigenvalue weighted by Gasteiger charge is -2.70. The van der Waals surface area contributed by atoms with Crippen molar-refractivity contribution in [1.29, 1.82) is 0 Å². The summed E-state index contributed by atoms with van der Waals surface area (Å²) in [5.41, 5.74) is -0.858. The number of rotatable bonds is 3. The van der Waals surface area contributed by atoms with E-state index in [4.69, 9.17) is 9.47 Å². The van der Waals surface area contributed by atoms with Crippen LogP contribution < -0.4 is 0 Å². The molecule has 212 valence electrons. The Morgan fingerprint density at radius 2 is 1.54 bits per heavy atom. The number of aliphatic hydroxyl groups is 2. The Hall–Kier alpha value is -0.650. The van der Waals surface area contributed by atoms with Gasteiger partial charge < -0.3 is 19.7 Å². The fourth-order valence-electron chi connectivity index (χ4n) is 11.5. The van der Waals surface area contributed by atoms with E-state index in [2.05, 4.69) is 41.5 Å². The van der Waals surface area contributed by atoms with E-state index in [1.54, 1.807) is 0 Å². The Morgan fingerprint density at radius 3 is 2.14 bits per heavy atom. The zero-order valence-corrected chi connectivity index (χ0v) is 25.0. The summed E-state index contributed by atoms with van der Waals surface area (Å²) >= 11 is 0. The van der Waals surface area contributed by atoms with Crippen LogP contribution in [0.5, 0.6) is 0 Å². The van der Waals surface area contributed by atoms with E-state index < -0.39 is 5.60 Å². The van der Waals surface area contributed by atoms with Crippen molar-refractivity contribution < 1.29 is 24.5 Å². The Morgan fingerprint density at radius 1 is 0.892 bits per heavy atom. The predicted octanol–water partition coefficient (Wildman–Crippen LogP) is 6.28. The van der Waals surface area contributed by atoms with Gasteiger partial charge >= 0.3 is 5.97 Å². The average Bonchev–Trinajstić information content (AvgIpc) is 3.35. The summed E-state index contributed by atoms with van der Waals surface area (Å²) in [6, 6.07) is 0. The van der Waals surface area contributed by atoms with Crippen LogP contribution >= 0.6 is 0 Å². The first kappa shape index (κ1) is 27.9. The van der Waals surface area contributed by atoms with Crippen LogP contribution in [0.1, 0.15) is 120 Å². The molecule has 0 unspecified atom stereocenters. The van der Waals surface area contributed by atoms with Crippen molar-refractivity contribution in [3.05, 3.63) is 0 Å². The molecule has 4 saturated carbocycles.